The van der Waals surface area contributed by atoms with Crippen molar-refractivity contribution in [2.45, 2.75) is 25.3 Å². The molecule has 0 radical (unpaired) electrons. The van der Waals surface area contributed by atoms with E-state index in [0.29, 0.717) is 25.7 Å². The van der Waals surface area contributed by atoms with Crippen molar-refractivity contribution in [1.29, 1.82) is 0 Å². The third kappa shape index (κ3) is 9.43. The molecule has 1 aliphatic rings. The third-order valence-corrected chi connectivity index (χ3v) is 4.38. The first-order valence-corrected chi connectivity index (χ1v) is 9.20. The Morgan fingerprint density at radius 3 is 2.81 bits per heavy atom. The van der Waals surface area contributed by atoms with Crippen LogP contribution in [-0.4, -0.2) is 76.3 Å². The summed E-state index contributed by atoms with van der Waals surface area (Å²) in [5.74, 6) is 1.83. The van der Waals surface area contributed by atoms with Gasteiger partial charge in [-0.3, -0.25) is 14.7 Å². The van der Waals surface area contributed by atoms with Crippen LogP contribution < -0.4 is 16.0 Å². The number of ether oxygens (including phenoxy) is 1. The lowest BCUT2D eigenvalue weighted by atomic mass is 10.1. The smallest absolute Gasteiger partial charge is 0.233 e. The highest BCUT2D eigenvalue weighted by molar-refractivity contribution is 14.0. The molecule has 1 amide bonds. The van der Waals surface area contributed by atoms with E-state index in [1.807, 2.05) is 12.1 Å². The molecule has 1 fully saturated rings. The number of nitrogens with zero attached hydrogens (tertiary/aromatic N) is 2. The van der Waals surface area contributed by atoms with E-state index in [1.165, 1.54) is 0 Å². The quantitative estimate of drug-likeness (QED) is 0.205. The van der Waals surface area contributed by atoms with Gasteiger partial charge in [-0.25, -0.2) is 0 Å². The number of carbonyl (C=O) groups excluding carboxylic acids is 1. The number of likely N-dealkylation sites (N-methyl/N-ethyl adjacent to an activating group) is 1. The molecule has 9 heteroatoms. The van der Waals surface area contributed by atoms with Gasteiger partial charge in [0, 0.05) is 46.3 Å². The van der Waals surface area contributed by atoms with Gasteiger partial charge >= 0.3 is 0 Å². The summed E-state index contributed by atoms with van der Waals surface area (Å²) < 4.78 is 10.4. The fourth-order valence-corrected chi connectivity index (χ4v) is 2.87. The van der Waals surface area contributed by atoms with Gasteiger partial charge in [0.25, 0.3) is 0 Å². The number of halogens is 1. The summed E-state index contributed by atoms with van der Waals surface area (Å²) >= 11 is 0. The van der Waals surface area contributed by atoms with Crippen molar-refractivity contribution in [3.63, 3.8) is 0 Å². The zero-order chi connectivity index (χ0) is 18.6. The van der Waals surface area contributed by atoms with Crippen molar-refractivity contribution in [1.82, 2.24) is 20.9 Å². The number of hydrogen-bond acceptors (Lipinski definition) is 5. The van der Waals surface area contributed by atoms with Crippen LogP contribution in [-0.2, 0) is 16.0 Å². The molecule has 8 nitrogen and oxygen atoms in total. The van der Waals surface area contributed by atoms with Crippen LogP contribution >= 0.6 is 24.0 Å². The zero-order valence-corrected chi connectivity index (χ0v) is 18.5. The molecule has 27 heavy (non-hydrogen) atoms. The minimum atomic E-state index is 0. The molecule has 154 valence electrons. The van der Waals surface area contributed by atoms with Crippen LogP contribution in [0.5, 0.6) is 0 Å². The minimum Gasteiger partial charge on any atom is -0.469 e. The lowest BCUT2D eigenvalue weighted by Gasteiger charge is -2.32. The average molecular weight is 493 g/mol. The second kappa shape index (κ2) is 13.8. The maximum atomic E-state index is 11.5. The van der Waals surface area contributed by atoms with E-state index in [9.17, 15) is 4.79 Å². The molecule has 0 aliphatic carbocycles. The molecule has 0 unspecified atom stereocenters. The van der Waals surface area contributed by atoms with Crippen molar-refractivity contribution >= 4 is 35.8 Å². The molecule has 2 heterocycles. The highest BCUT2D eigenvalue weighted by Crippen LogP contribution is 2.09. The van der Waals surface area contributed by atoms with Crippen molar-refractivity contribution < 1.29 is 13.9 Å². The molecule has 0 bridgehead atoms. The molecular weight excluding hydrogens is 461 g/mol. The molecule has 0 saturated carbocycles. The number of aliphatic imine (C=N–C) groups is 1. The lowest BCUT2D eigenvalue weighted by molar-refractivity contribution is -0.122. The van der Waals surface area contributed by atoms with Crippen molar-refractivity contribution in [3.05, 3.63) is 24.2 Å². The van der Waals surface area contributed by atoms with Crippen molar-refractivity contribution in [2.75, 3.05) is 53.5 Å². The summed E-state index contributed by atoms with van der Waals surface area (Å²) in [6.45, 7) is 4.24. The van der Waals surface area contributed by atoms with Crippen LogP contribution in [0.15, 0.2) is 27.8 Å². The SMILES string of the molecule is CNC(=O)CN1CCC(NC(=NCCOC)NCCc2ccco2)CC1.I. The van der Waals surface area contributed by atoms with Crippen LogP contribution in [0.4, 0.5) is 0 Å². The Labute approximate surface area is 178 Å². The van der Waals surface area contributed by atoms with Crippen LogP contribution in [0, 0.1) is 0 Å². The number of amides is 1. The van der Waals surface area contributed by atoms with Gasteiger partial charge in [-0.15, -0.1) is 24.0 Å². The maximum Gasteiger partial charge on any atom is 0.233 e. The van der Waals surface area contributed by atoms with Gasteiger partial charge in [0.15, 0.2) is 5.96 Å². The van der Waals surface area contributed by atoms with Crippen LogP contribution in [0.25, 0.3) is 0 Å². The number of hydrogen-bond donors (Lipinski definition) is 3. The predicted molar refractivity (Wildman–Crippen MR) is 117 cm³/mol. The Morgan fingerprint density at radius 2 is 2.19 bits per heavy atom. The summed E-state index contributed by atoms with van der Waals surface area (Å²) in [7, 11) is 3.35. The topological polar surface area (TPSA) is 91.1 Å². The van der Waals surface area contributed by atoms with Gasteiger partial charge in [-0.2, -0.15) is 0 Å². The van der Waals surface area contributed by atoms with E-state index in [4.69, 9.17) is 9.15 Å². The van der Waals surface area contributed by atoms with Gasteiger partial charge in [0.05, 0.1) is 26.0 Å². The second-order valence-electron chi connectivity index (χ2n) is 6.35. The molecule has 0 atom stereocenters. The van der Waals surface area contributed by atoms with Crippen molar-refractivity contribution in [2.24, 2.45) is 4.99 Å². The number of carbonyl (C=O) groups is 1. The molecule has 1 aromatic heterocycles. The van der Waals surface area contributed by atoms with Crippen LogP contribution in [0.3, 0.4) is 0 Å². The predicted octanol–water partition coefficient (Wildman–Crippen LogP) is 0.832. The van der Waals surface area contributed by atoms with E-state index < -0.39 is 0 Å². The number of piperidine rings is 1. The Balaban J connectivity index is 0.00000364. The summed E-state index contributed by atoms with van der Waals surface area (Å²) in [5, 5.41) is 9.54. The van der Waals surface area contributed by atoms with Gasteiger partial charge < -0.3 is 25.1 Å². The molecular formula is C18H32IN5O3. The highest BCUT2D eigenvalue weighted by Gasteiger charge is 2.21. The first kappa shape index (κ1) is 23.7. The van der Waals surface area contributed by atoms with Gasteiger partial charge in [-0.05, 0) is 25.0 Å². The van der Waals surface area contributed by atoms with Crippen LogP contribution in [0.1, 0.15) is 18.6 Å². The number of nitrogens with one attached hydrogen (secondary N) is 3. The summed E-state index contributed by atoms with van der Waals surface area (Å²) in [6, 6.07) is 4.22. The maximum absolute atomic E-state index is 11.5. The Bertz CT molecular complexity index is 545. The zero-order valence-electron chi connectivity index (χ0n) is 16.2. The lowest BCUT2D eigenvalue weighted by Crippen LogP contribution is -2.50. The van der Waals surface area contributed by atoms with E-state index in [0.717, 1.165) is 50.6 Å². The van der Waals surface area contributed by atoms with E-state index in [1.54, 1.807) is 20.4 Å². The van der Waals surface area contributed by atoms with E-state index in [-0.39, 0.29) is 29.9 Å². The number of rotatable bonds is 9. The van der Waals surface area contributed by atoms with Gasteiger partial charge in [0.1, 0.15) is 5.76 Å². The molecule has 3 N–H and O–H groups in total. The fourth-order valence-electron chi connectivity index (χ4n) is 2.87. The number of furan rings is 1. The van der Waals surface area contributed by atoms with Gasteiger partial charge in [-0.1, -0.05) is 0 Å². The summed E-state index contributed by atoms with van der Waals surface area (Å²) in [4.78, 5) is 18.2. The van der Waals surface area contributed by atoms with Gasteiger partial charge in [0.2, 0.25) is 5.91 Å². The standard InChI is InChI=1S/C18H31N5O3.HI/c1-19-17(24)14-23-10-6-15(7-11-23)22-18(21-9-13-25-2)20-8-5-16-4-3-12-26-16;/h3-4,12,15H,5-11,13-14H2,1-2H3,(H,19,24)(H2,20,21,22);1H. The number of guanidine groups is 1. The molecule has 0 aromatic carbocycles. The molecule has 1 saturated heterocycles. The second-order valence-corrected chi connectivity index (χ2v) is 6.35. The Morgan fingerprint density at radius 1 is 1.41 bits per heavy atom. The number of methoxy groups -OCH3 is 1. The largest absolute Gasteiger partial charge is 0.469 e. The van der Waals surface area contributed by atoms with Crippen molar-refractivity contribution in [3.8, 4) is 0 Å². The monoisotopic (exact) mass is 493 g/mol. The Hall–Kier alpha value is -1.33. The molecule has 0 spiro atoms. The fraction of sp³-hybridized carbons (Fsp3) is 0.667. The molecule has 1 aromatic rings. The van der Waals surface area contributed by atoms with Crippen LogP contribution in [0.2, 0.25) is 0 Å². The molecule has 2 rings (SSSR count). The third-order valence-electron chi connectivity index (χ3n) is 4.38. The Kier molecular flexibility index (Phi) is 12.1. The average Bonchev–Trinajstić information content (AvgIpc) is 3.16. The minimum absolute atomic E-state index is 0. The first-order valence-electron chi connectivity index (χ1n) is 9.20. The molecule has 1 aliphatic heterocycles. The van der Waals surface area contributed by atoms with E-state index in [2.05, 4.69) is 25.8 Å². The summed E-state index contributed by atoms with van der Waals surface area (Å²) in [5.41, 5.74) is 0. The number of likely N-dealkylation sites (tertiary alicyclic amines) is 1. The first-order chi connectivity index (χ1) is 12.7. The van der Waals surface area contributed by atoms with E-state index >= 15 is 0 Å². The highest BCUT2D eigenvalue weighted by atomic mass is 127. The summed E-state index contributed by atoms with van der Waals surface area (Å²) in [6.07, 6.45) is 4.47. The normalized spacial score (nSPS) is 15.9.